The standard InChI is InChI=1S/C13H21NO4S/c15-13(16)8-4-10-19(17,18)14-9-3-6-11-5-1-2-7-12(11)14/h7,11H,1-6,8-10H2,(H,15,16). The summed E-state index contributed by atoms with van der Waals surface area (Å²) < 4.78 is 26.2. The van der Waals surface area contributed by atoms with Gasteiger partial charge >= 0.3 is 5.97 Å². The number of aliphatic carboxylic acids is 1. The highest BCUT2D eigenvalue weighted by atomic mass is 32.2. The summed E-state index contributed by atoms with van der Waals surface area (Å²) in [6.45, 7) is 0.553. The van der Waals surface area contributed by atoms with Crippen molar-refractivity contribution in [3.8, 4) is 0 Å². The third-order valence-electron chi connectivity index (χ3n) is 3.86. The van der Waals surface area contributed by atoms with Gasteiger partial charge in [-0.2, -0.15) is 0 Å². The Balaban J connectivity index is 2.06. The number of sulfonamides is 1. The fraction of sp³-hybridized carbons (Fsp3) is 0.769. The summed E-state index contributed by atoms with van der Waals surface area (Å²) in [4.78, 5) is 10.5. The summed E-state index contributed by atoms with van der Waals surface area (Å²) in [6.07, 6.45) is 7.30. The predicted molar refractivity (Wildman–Crippen MR) is 72.0 cm³/mol. The number of hydrogen-bond acceptors (Lipinski definition) is 3. The largest absolute Gasteiger partial charge is 0.481 e. The van der Waals surface area contributed by atoms with Crippen LogP contribution in [0.4, 0.5) is 0 Å². The zero-order chi connectivity index (χ0) is 13.9. The summed E-state index contributed by atoms with van der Waals surface area (Å²) >= 11 is 0. The molecule has 2 aliphatic rings. The number of carboxylic acid groups (broad SMARTS) is 1. The van der Waals surface area contributed by atoms with Crippen LogP contribution in [-0.2, 0) is 14.8 Å². The predicted octanol–water partition coefficient (Wildman–Crippen LogP) is 1.96. The first-order valence-electron chi connectivity index (χ1n) is 6.93. The first-order chi connectivity index (χ1) is 9.00. The molecule has 19 heavy (non-hydrogen) atoms. The van der Waals surface area contributed by atoms with Crippen LogP contribution in [-0.4, -0.2) is 36.1 Å². The monoisotopic (exact) mass is 287 g/mol. The third kappa shape index (κ3) is 3.49. The molecule has 0 spiro atoms. The maximum atomic E-state index is 12.3. The van der Waals surface area contributed by atoms with Crippen molar-refractivity contribution in [2.45, 2.75) is 44.9 Å². The minimum Gasteiger partial charge on any atom is -0.481 e. The third-order valence-corrected chi connectivity index (χ3v) is 5.73. The average Bonchev–Trinajstić information content (AvgIpc) is 2.37. The lowest BCUT2D eigenvalue weighted by Crippen LogP contribution is -2.40. The van der Waals surface area contributed by atoms with E-state index in [2.05, 4.69) is 6.08 Å². The molecule has 2 rings (SSSR count). The lowest BCUT2D eigenvalue weighted by molar-refractivity contribution is -0.137. The van der Waals surface area contributed by atoms with Gasteiger partial charge < -0.3 is 5.11 Å². The van der Waals surface area contributed by atoms with Gasteiger partial charge in [-0.3, -0.25) is 9.10 Å². The first-order valence-corrected chi connectivity index (χ1v) is 8.54. The smallest absolute Gasteiger partial charge is 0.303 e. The SMILES string of the molecule is O=C(O)CCCS(=O)(=O)N1CCCC2CCCC=C21. The fourth-order valence-electron chi connectivity index (χ4n) is 2.95. The maximum absolute atomic E-state index is 12.3. The molecule has 5 nitrogen and oxygen atoms in total. The minimum absolute atomic E-state index is 0.0661. The molecule has 1 saturated heterocycles. The van der Waals surface area contributed by atoms with Crippen LogP contribution in [0, 0.1) is 5.92 Å². The quantitative estimate of drug-likeness (QED) is 0.838. The van der Waals surface area contributed by atoms with E-state index in [9.17, 15) is 13.2 Å². The van der Waals surface area contributed by atoms with Crippen LogP contribution >= 0.6 is 0 Å². The lowest BCUT2D eigenvalue weighted by atomic mass is 9.86. The molecular weight excluding hydrogens is 266 g/mol. The molecule has 1 aliphatic heterocycles. The van der Waals surface area contributed by atoms with Gasteiger partial charge in [0.05, 0.1) is 5.75 Å². The molecule has 1 aliphatic carbocycles. The van der Waals surface area contributed by atoms with Crippen molar-refractivity contribution >= 4 is 16.0 Å². The van der Waals surface area contributed by atoms with E-state index in [1.54, 1.807) is 4.31 Å². The molecule has 108 valence electrons. The molecule has 0 saturated carbocycles. The number of piperidine rings is 1. The normalized spacial score (nSPS) is 23.7. The fourth-order valence-corrected chi connectivity index (χ4v) is 4.63. The van der Waals surface area contributed by atoms with Crippen molar-refractivity contribution in [2.75, 3.05) is 12.3 Å². The molecule has 0 radical (unpaired) electrons. The van der Waals surface area contributed by atoms with E-state index in [-0.39, 0.29) is 18.6 Å². The summed E-state index contributed by atoms with van der Waals surface area (Å²) in [5.41, 5.74) is 0.966. The molecular formula is C13H21NO4S. The second-order valence-electron chi connectivity index (χ2n) is 5.28. The minimum atomic E-state index is -3.35. The molecule has 0 aromatic rings. The highest BCUT2D eigenvalue weighted by Gasteiger charge is 2.33. The van der Waals surface area contributed by atoms with Gasteiger partial charge in [-0.15, -0.1) is 0 Å². The zero-order valence-electron chi connectivity index (χ0n) is 11.0. The van der Waals surface area contributed by atoms with E-state index in [1.807, 2.05) is 0 Å². The van der Waals surface area contributed by atoms with E-state index in [1.165, 1.54) is 0 Å². The Labute approximate surface area is 114 Å². The van der Waals surface area contributed by atoms with Crippen molar-refractivity contribution < 1.29 is 18.3 Å². The molecule has 1 atom stereocenters. The molecule has 1 fully saturated rings. The van der Waals surface area contributed by atoms with Gasteiger partial charge in [-0.1, -0.05) is 6.08 Å². The Kier molecular flexibility index (Phi) is 4.50. The lowest BCUT2D eigenvalue weighted by Gasteiger charge is -2.38. The van der Waals surface area contributed by atoms with Gasteiger partial charge in [0.2, 0.25) is 10.0 Å². The summed E-state index contributed by atoms with van der Waals surface area (Å²) in [5, 5.41) is 8.59. The number of carboxylic acids is 1. The Morgan fingerprint density at radius 2 is 2.11 bits per heavy atom. The van der Waals surface area contributed by atoms with Crippen LogP contribution in [0.15, 0.2) is 11.8 Å². The second kappa shape index (κ2) is 5.94. The second-order valence-corrected chi connectivity index (χ2v) is 7.30. The van der Waals surface area contributed by atoms with E-state index in [4.69, 9.17) is 5.11 Å². The van der Waals surface area contributed by atoms with Crippen molar-refractivity contribution in [2.24, 2.45) is 5.92 Å². The van der Waals surface area contributed by atoms with Gasteiger partial charge in [0.1, 0.15) is 0 Å². The number of nitrogens with zero attached hydrogens (tertiary/aromatic N) is 1. The molecule has 0 amide bonds. The number of fused-ring (bicyclic) bond motifs is 1. The molecule has 1 N–H and O–H groups in total. The molecule has 1 heterocycles. The van der Waals surface area contributed by atoms with Crippen molar-refractivity contribution in [3.63, 3.8) is 0 Å². The highest BCUT2D eigenvalue weighted by Crippen LogP contribution is 2.36. The molecule has 6 heteroatoms. The molecule has 0 aromatic carbocycles. The summed E-state index contributed by atoms with van der Waals surface area (Å²) in [7, 11) is -3.35. The van der Waals surface area contributed by atoms with E-state index >= 15 is 0 Å². The van der Waals surface area contributed by atoms with Crippen LogP contribution in [0.25, 0.3) is 0 Å². The van der Waals surface area contributed by atoms with E-state index in [0.29, 0.717) is 12.5 Å². The Bertz CT molecular complexity index is 469. The Morgan fingerprint density at radius 3 is 2.84 bits per heavy atom. The molecule has 0 bridgehead atoms. The number of hydrogen-bond donors (Lipinski definition) is 1. The number of rotatable bonds is 5. The van der Waals surface area contributed by atoms with E-state index < -0.39 is 16.0 Å². The summed E-state index contributed by atoms with van der Waals surface area (Å²) in [6, 6.07) is 0. The van der Waals surface area contributed by atoms with Crippen molar-refractivity contribution in [1.82, 2.24) is 4.31 Å². The number of allylic oxidation sites excluding steroid dienone is 2. The van der Waals surface area contributed by atoms with Crippen molar-refractivity contribution in [1.29, 1.82) is 0 Å². The van der Waals surface area contributed by atoms with Gasteiger partial charge in [0.25, 0.3) is 0 Å². The first kappa shape index (κ1) is 14.4. The Hall–Kier alpha value is -1.04. The van der Waals surface area contributed by atoms with Crippen LogP contribution in [0.3, 0.4) is 0 Å². The maximum Gasteiger partial charge on any atom is 0.303 e. The van der Waals surface area contributed by atoms with Crippen LogP contribution in [0.1, 0.15) is 44.9 Å². The van der Waals surface area contributed by atoms with Crippen molar-refractivity contribution in [3.05, 3.63) is 11.8 Å². The Morgan fingerprint density at radius 1 is 1.37 bits per heavy atom. The zero-order valence-corrected chi connectivity index (χ0v) is 11.9. The van der Waals surface area contributed by atoms with Gasteiger partial charge in [-0.05, 0) is 44.4 Å². The van der Waals surface area contributed by atoms with Crippen LogP contribution in [0.2, 0.25) is 0 Å². The number of carbonyl (C=O) groups is 1. The van der Waals surface area contributed by atoms with E-state index in [0.717, 1.165) is 37.8 Å². The van der Waals surface area contributed by atoms with Crippen LogP contribution < -0.4 is 0 Å². The topological polar surface area (TPSA) is 74.7 Å². The highest BCUT2D eigenvalue weighted by molar-refractivity contribution is 7.89. The molecule has 0 aromatic heterocycles. The average molecular weight is 287 g/mol. The van der Waals surface area contributed by atoms with Gasteiger partial charge in [0, 0.05) is 18.7 Å². The van der Waals surface area contributed by atoms with Gasteiger partial charge in [-0.25, -0.2) is 8.42 Å². The molecule has 1 unspecified atom stereocenters. The van der Waals surface area contributed by atoms with Gasteiger partial charge in [0.15, 0.2) is 0 Å². The van der Waals surface area contributed by atoms with Crippen LogP contribution in [0.5, 0.6) is 0 Å². The summed E-state index contributed by atoms with van der Waals surface area (Å²) in [5.74, 6) is -0.621.